The lowest BCUT2D eigenvalue weighted by atomic mass is 9.98. The summed E-state index contributed by atoms with van der Waals surface area (Å²) in [5.74, 6) is -1.21. The maximum absolute atomic E-state index is 13.4. The molecule has 0 radical (unpaired) electrons. The third-order valence-electron chi connectivity index (χ3n) is 5.76. The second kappa shape index (κ2) is 13.6. The van der Waals surface area contributed by atoms with Crippen LogP contribution in [0.5, 0.6) is 5.75 Å². The van der Waals surface area contributed by atoms with E-state index >= 15 is 0 Å². The molecule has 0 spiro atoms. The Balaban J connectivity index is 1.74. The summed E-state index contributed by atoms with van der Waals surface area (Å²) < 4.78 is 82.0. The first-order valence-corrected chi connectivity index (χ1v) is 14.2. The lowest BCUT2D eigenvalue weighted by molar-refractivity contribution is -0.141. The molecule has 12 heteroatoms. The van der Waals surface area contributed by atoms with E-state index in [0.717, 1.165) is 12.1 Å². The van der Waals surface area contributed by atoms with Crippen molar-refractivity contribution in [2.24, 2.45) is 0 Å². The van der Waals surface area contributed by atoms with Crippen LogP contribution in [0, 0.1) is 0 Å². The van der Waals surface area contributed by atoms with Gasteiger partial charge in [-0.2, -0.15) is 13.2 Å². The molecule has 0 aromatic heterocycles. The van der Waals surface area contributed by atoms with Crippen molar-refractivity contribution in [3.8, 4) is 5.75 Å². The quantitative estimate of drug-likeness (QED) is 0.209. The molecule has 0 heterocycles. The van der Waals surface area contributed by atoms with Crippen molar-refractivity contribution in [3.63, 3.8) is 0 Å². The van der Waals surface area contributed by atoms with Crippen molar-refractivity contribution in [2.45, 2.75) is 36.9 Å². The number of alkyl halides is 3. The van der Waals surface area contributed by atoms with E-state index in [2.05, 4.69) is 5.32 Å². The second-order valence-corrected chi connectivity index (χ2v) is 11.1. The van der Waals surface area contributed by atoms with E-state index in [1.165, 1.54) is 37.4 Å². The molecule has 7 nitrogen and oxygen atoms in total. The van der Waals surface area contributed by atoms with Crippen LogP contribution in [0.3, 0.4) is 0 Å². The molecule has 0 fully saturated rings. The minimum absolute atomic E-state index is 0.0145. The highest BCUT2D eigenvalue weighted by atomic mass is 32.2. The second-order valence-electron chi connectivity index (χ2n) is 8.69. The van der Waals surface area contributed by atoms with Gasteiger partial charge >= 0.3 is 12.1 Å². The number of nitrogens with one attached hydrogen (secondary N) is 1. The third kappa shape index (κ3) is 8.95. The fourth-order valence-corrected chi connectivity index (χ4v) is 5.67. The van der Waals surface area contributed by atoms with Crippen molar-refractivity contribution in [2.75, 3.05) is 24.8 Å². The molecule has 0 aliphatic carbocycles. The number of benzene rings is 3. The zero-order valence-corrected chi connectivity index (χ0v) is 23.4. The van der Waals surface area contributed by atoms with Crippen LogP contribution < -0.4 is 10.1 Å². The van der Waals surface area contributed by atoms with Gasteiger partial charge in [-0.05, 0) is 72.7 Å². The molecule has 0 aliphatic heterocycles. The molecule has 3 aromatic carbocycles. The number of sulfone groups is 1. The van der Waals surface area contributed by atoms with Gasteiger partial charge in [-0.1, -0.05) is 30.3 Å². The summed E-state index contributed by atoms with van der Waals surface area (Å²) in [6.45, 7) is 1.73. The van der Waals surface area contributed by atoms with Crippen molar-refractivity contribution in [1.29, 1.82) is 0 Å². The molecule has 0 aliphatic rings. The van der Waals surface area contributed by atoms with E-state index in [4.69, 9.17) is 26.4 Å². The van der Waals surface area contributed by atoms with Gasteiger partial charge in [0, 0.05) is 11.6 Å². The van der Waals surface area contributed by atoms with E-state index < -0.39 is 33.5 Å². The lowest BCUT2D eigenvalue weighted by Gasteiger charge is -2.17. The molecule has 0 saturated heterocycles. The summed E-state index contributed by atoms with van der Waals surface area (Å²) >= 11 is 4.96. The number of rotatable bonds is 11. The Morgan fingerprint density at radius 1 is 1.02 bits per heavy atom. The smallest absolute Gasteiger partial charge is 0.416 e. The zero-order chi connectivity index (χ0) is 29.3. The number of ether oxygens (including phenoxy) is 3. The van der Waals surface area contributed by atoms with Gasteiger partial charge in [-0.15, -0.1) is 0 Å². The van der Waals surface area contributed by atoms with Gasteiger partial charge < -0.3 is 19.5 Å². The average Bonchev–Trinajstić information content (AvgIpc) is 2.91. The number of esters is 1. The van der Waals surface area contributed by atoms with Crippen molar-refractivity contribution < 1.29 is 40.6 Å². The SMILES string of the molecule is CCOC(=S)Nc1cc(COc2ccc(S(=O)(=O)C[C@H](CC(=O)OC)c3ccccc3)cc2)cc(C(F)(F)F)c1. The standard InChI is InChI=1S/C28H28F3NO6S2/c1-3-37-27(39)32-23-14-19(13-22(16-23)28(29,30)31)17-38-24-9-11-25(12-10-24)40(34,35)18-21(15-26(33)36-2)20-7-5-4-6-8-20/h4-14,16,21H,3,15,17-18H2,1-2H3,(H,32,39)/t21-/m0/s1. The summed E-state index contributed by atoms with van der Waals surface area (Å²) in [4.78, 5) is 11.9. The van der Waals surface area contributed by atoms with Crippen LogP contribution in [0.25, 0.3) is 0 Å². The van der Waals surface area contributed by atoms with Gasteiger partial charge in [0.15, 0.2) is 9.84 Å². The molecule has 0 unspecified atom stereocenters. The van der Waals surface area contributed by atoms with Crippen LogP contribution in [0.15, 0.2) is 77.7 Å². The summed E-state index contributed by atoms with van der Waals surface area (Å²) in [7, 11) is -2.57. The molecule has 0 amide bonds. The Kier molecular flexibility index (Phi) is 10.5. The maximum Gasteiger partial charge on any atom is 0.416 e. The number of anilines is 1. The van der Waals surface area contributed by atoms with Gasteiger partial charge in [0.05, 0.1) is 36.3 Å². The number of methoxy groups -OCH3 is 1. The van der Waals surface area contributed by atoms with Crippen LogP contribution >= 0.6 is 12.2 Å². The maximum atomic E-state index is 13.4. The van der Waals surface area contributed by atoms with Gasteiger partial charge in [-0.25, -0.2) is 8.42 Å². The average molecular weight is 596 g/mol. The predicted molar refractivity (Wildman–Crippen MR) is 148 cm³/mol. The topological polar surface area (TPSA) is 90.9 Å². The van der Waals surface area contributed by atoms with Crippen LogP contribution in [-0.4, -0.2) is 39.0 Å². The fourth-order valence-electron chi connectivity index (χ4n) is 3.85. The largest absolute Gasteiger partial charge is 0.489 e. The first-order chi connectivity index (χ1) is 18.9. The predicted octanol–water partition coefficient (Wildman–Crippen LogP) is 6.14. The molecule has 3 aromatic rings. The number of thiocarbonyl (C=S) groups is 1. The Morgan fingerprint density at radius 2 is 1.70 bits per heavy atom. The summed E-state index contributed by atoms with van der Waals surface area (Å²) in [5, 5.41) is 2.56. The van der Waals surface area contributed by atoms with Crippen molar-refractivity contribution in [3.05, 3.63) is 89.5 Å². The molecule has 1 N–H and O–H groups in total. The number of hydrogen-bond donors (Lipinski definition) is 1. The minimum Gasteiger partial charge on any atom is -0.489 e. The first-order valence-electron chi connectivity index (χ1n) is 12.1. The van der Waals surface area contributed by atoms with Crippen LogP contribution in [0.1, 0.15) is 36.0 Å². The fraction of sp³-hybridized carbons (Fsp3) is 0.286. The lowest BCUT2D eigenvalue weighted by Crippen LogP contribution is -2.19. The highest BCUT2D eigenvalue weighted by Crippen LogP contribution is 2.33. The van der Waals surface area contributed by atoms with Gasteiger partial charge in [-0.3, -0.25) is 4.79 Å². The van der Waals surface area contributed by atoms with Crippen LogP contribution in [-0.2, 0) is 36.9 Å². The normalized spacial score (nSPS) is 12.3. The van der Waals surface area contributed by atoms with Gasteiger partial charge in [0.2, 0.25) is 0 Å². The highest BCUT2D eigenvalue weighted by molar-refractivity contribution is 7.91. The Morgan fingerprint density at radius 3 is 2.30 bits per heavy atom. The summed E-state index contributed by atoms with van der Waals surface area (Å²) in [6, 6.07) is 17.7. The Bertz CT molecular complexity index is 1410. The van der Waals surface area contributed by atoms with Crippen LogP contribution in [0.4, 0.5) is 18.9 Å². The summed E-state index contributed by atoms with van der Waals surface area (Å²) in [5.41, 5.74) is 0.0974. The Labute approximate surface area is 236 Å². The monoisotopic (exact) mass is 595 g/mol. The molecule has 3 rings (SSSR count). The third-order valence-corrected chi connectivity index (χ3v) is 7.81. The molecular weight excluding hydrogens is 567 g/mol. The highest BCUT2D eigenvalue weighted by Gasteiger charge is 2.31. The van der Waals surface area contributed by atoms with Gasteiger partial charge in [0.1, 0.15) is 12.4 Å². The summed E-state index contributed by atoms with van der Waals surface area (Å²) in [6.07, 6.45) is -4.70. The van der Waals surface area contributed by atoms with Crippen LogP contribution in [0.2, 0.25) is 0 Å². The molecule has 0 bridgehead atoms. The van der Waals surface area contributed by atoms with Crippen molar-refractivity contribution >= 4 is 38.9 Å². The van der Waals surface area contributed by atoms with Crippen molar-refractivity contribution in [1.82, 2.24) is 0 Å². The molecular formula is C28H28F3NO6S2. The number of halogens is 3. The number of hydrogen-bond acceptors (Lipinski definition) is 7. The van der Waals surface area contributed by atoms with Gasteiger partial charge in [0.25, 0.3) is 5.17 Å². The number of carbonyl (C=O) groups is 1. The Hall–Kier alpha value is -3.64. The van der Waals surface area contributed by atoms with E-state index in [9.17, 15) is 26.4 Å². The van der Waals surface area contributed by atoms with E-state index in [1.807, 2.05) is 0 Å². The molecule has 0 saturated carbocycles. The van der Waals surface area contributed by atoms with E-state index in [0.29, 0.717) is 5.56 Å². The molecule has 1 atom stereocenters. The first kappa shape index (κ1) is 30.9. The minimum atomic E-state index is -4.60. The zero-order valence-electron chi connectivity index (χ0n) is 21.7. The molecule has 40 heavy (non-hydrogen) atoms. The molecule has 214 valence electrons. The van der Waals surface area contributed by atoms with E-state index in [-0.39, 0.29) is 52.5 Å². The van der Waals surface area contributed by atoms with E-state index in [1.54, 1.807) is 37.3 Å². The number of carbonyl (C=O) groups excluding carboxylic acids is 1.